The third-order valence-corrected chi connectivity index (χ3v) is 4.57. The van der Waals surface area contributed by atoms with Crippen LogP contribution in [0.1, 0.15) is 46.9 Å². The number of aromatic nitrogens is 2. The Morgan fingerprint density at radius 1 is 1.29 bits per heavy atom. The Morgan fingerprint density at radius 3 is 2.52 bits per heavy atom. The summed E-state index contributed by atoms with van der Waals surface area (Å²) in [7, 11) is 0. The zero-order valence-electron chi connectivity index (χ0n) is 13.7. The molecule has 1 aliphatic carbocycles. The van der Waals surface area contributed by atoms with Gasteiger partial charge in [-0.25, -0.2) is 4.98 Å². The molecule has 2 aromatic rings. The minimum atomic E-state index is -0.0313. The average Bonchev–Trinajstić information content (AvgIpc) is 2.99. The number of aliphatic hydroxyl groups is 1. The summed E-state index contributed by atoms with van der Waals surface area (Å²) in [5.41, 5.74) is 3.40. The molecule has 1 aromatic carbocycles. The van der Waals surface area contributed by atoms with E-state index in [0.717, 1.165) is 23.3 Å². The van der Waals surface area contributed by atoms with E-state index in [4.69, 9.17) is 0 Å². The van der Waals surface area contributed by atoms with E-state index < -0.39 is 0 Å². The zero-order chi connectivity index (χ0) is 15.6. The molecule has 1 unspecified atom stereocenters. The summed E-state index contributed by atoms with van der Waals surface area (Å²) >= 11 is 0. The topological polar surface area (TPSA) is 38.0 Å². The highest BCUT2D eigenvalue weighted by atomic mass is 16.3. The first-order chi connectivity index (χ1) is 10.1. The molecule has 0 aliphatic heterocycles. The van der Waals surface area contributed by atoms with E-state index in [0.29, 0.717) is 5.92 Å². The van der Waals surface area contributed by atoms with Crippen LogP contribution in [-0.2, 0) is 6.61 Å². The highest BCUT2D eigenvalue weighted by Gasteiger charge is 2.36. The van der Waals surface area contributed by atoms with E-state index >= 15 is 0 Å². The van der Waals surface area contributed by atoms with Gasteiger partial charge < -0.3 is 5.11 Å². The van der Waals surface area contributed by atoms with Crippen LogP contribution in [0.5, 0.6) is 0 Å². The zero-order valence-corrected chi connectivity index (χ0v) is 13.7. The first-order valence-corrected chi connectivity index (χ1v) is 7.84. The molecule has 0 saturated carbocycles. The second-order valence-corrected chi connectivity index (χ2v) is 5.96. The Balaban J connectivity index is 0.000000774. The van der Waals surface area contributed by atoms with Crippen molar-refractivity contribution in [1.29, 1.82) is 0 Å². The molecule has 0 bridgehead atoms. The molecular formula is C18H26N2O. The minimum absolute atomic E-state index is 0.0313. The van der Waals surface area contributed by atoms with Crippen molar-refractivity contribution in [3.05, 3.63) is 36.2 Å². The third-order valence-electron chi connectivity index (χ3n) is 4.57. The van der Waals surface area contributed by atoms with Gasteiger partial charge in [0, 0.05) is 11.1 Å². The molecule has 3 rings (SSSR count). The molecule has 1 N–H and O–H groups in total. The summed E-state index contributed by atoms with van der Waals surface area (Å²) in [5, 5.41) is 9.61. The number of rotatable bonds is 2. The quantitative estimate of drug-likeness (QED) is 0.885. The lowest BCUT2D eigenvalue weighted by Gasteiger charge is -2.29. The molecule has 114 valence electrons. The standard InChI is InChI=1S/C16H20N2O.C2H6/c1-11-8-9-14(16(11,2)3)18-13-7-5-4-6-12(13)17-15(18)10-19;1-2/h4-7,9,11,19H,8,10H2,1-3H3;1-2H3. The van der Waals surface area contributed by atoms with Crippen LogP contribution in [-0.4, -0.2) is 14.7 Å². The van der Waals surface area contributed by atoms with E-state index in [1.807, 2.05) is 32.0 Å². The second-order valence-electron chi connectivity index (χ2n) is 5.96. The molecular weight excluding hydrogens is 260 g/mol. The lowest BCUT2D eigenvalue weighted by molar-refractivity contribution is 0.267. The van der Waals surface area contributed by atoms with Crippen molar-refractivity contribution in [2.75, 3.05) is 0 Å². The van der Waals surface area contributed by atoms with Gasteiger partial charge in [0.1, 0.15) is 12.4 Å². The largest absolute Gasteiger partial charge is 0.388 e. The van der Waals surface area contributed by atoms with Crippen molar-refractivity contribution in [2.45, 2.75) is 47.6 Å². The number of fused-ring (bicyclic) bond motifs is 1. The molecule has 0 saturated heterocycles. The van der Waals surface area contributed by atoms with Gasteiger partial charge in [-0.3, -0.25) is 4.57 Å². The summed E-state index contributed by atoms with van der Waals surface area (Å²) in [4.78, 5) is 4.54. The van der Waals surface area contributed by atoms with Crippen LogP contribution in [0.3, 0.4) is 0 Å². The van der Waals surface area contributed by atoms with Crippen molar-refractivity contribution < 1.29 is 5.11 Å². The number of allylic oxidation sites excluding steroid dienone is 2. The maximum atomic E-state index is 9.61. The predicted octanol–water partition coefficient (Wildman–Crippen LogP) is 4.46. The van der Waals surface area contributed by atoms with Crippen molar-refractivity contribution >= 4 is 16.7 Å². The maximum Gasteiger partial charge on any atom is 0.140 e. The lowest BCUT2D eigenvalue weighted by Crippen LogP contribution is -2.22. The fraction of sp³-hybridized carbons (Fsp3) is 0.500. The van der Waals surface area contributed by atoms with Crippen LogP contribution >= 0.6 is 0 Å². The van der Waals surface area contributed by atoms with Crippen LogP contribution in [0, 0.1) is 11.3 Å². The summed E-state index contributed by atoms with van der Waals surface area (Å²) in [6, 6.07) is 8.07. The summed E-state index contributed by atoms with van der Waals surface area (Å²) in [5.74, 6) is 1.34. The smallest absolute Gasteiger partial charge is 0.140 e. The SMILES string of the molecule is CC.CC1CC=C(n2c(CO)nc3ccccc32)C1(C)C. The highest BCUT2D eigenvalue weighted by molar-refractivity contribution is 5.81. The predicted molar refractivity (Wildman–Crippen MR) is 88.8 cm³/mol. The Labute approximate surface area is 127 Å². The van der Waals surface area contributed by atoms with Crippen molar-refractivity contribution in [1.82, 2.24) is 9.55 Å². The van der Waals surface area contributed by atoms with Gasteiger partial charge in [0.15, 0.2) is 0 Å². The number of benzene rings is 1. The van der Waals surface area contributed by atoms with Crippen molar-refractivity contribution in [3.63, 3.8) is 0 Å². The average molecular weight is 286 g/mol. The number of nitrogens with zero attached hydrogens (tertiary/aromatic N) is 2. The number of hydrogen-bond donors (Lipinski definition) is 1. The normalized spacial score (nSPS) is 20.1. The Bertz CT molecular complexity index is 652. The molecule has 1 aromatic heterocycles. The van der Waals surface area contributed by atoms with Gasteiger partial charge in [0.2, 0.25) is 0 Å². The molecule has 1 aliphatic rings. The Hall–Kier alpha value is -1.61. The van der Waals surface area contributed by atoms with Crippen molar-refractivity contribution in [2.24, 2.45) is 11.3 Å². The van der Waals surface area contributed by atoms with Gasteiger partial charge in [-0.1, -0.05) is 52.8 Å². The first-order valence-electron chi connectivity index (χ1n) is 7.84. The molecule has 0 amide bonds. The fourth-order valence-electron chi connectivity index (χ4n) is 2.93. The highest BCUT2D eigenvalue weighted by Crippen LogP contribution is 2.46. The maximum absolute atomic E-state index is 9.61. The Morgan fingerprint density at radius 2 is 1.95 bits per heavy atom. The Kier molecular flexibility index (Phi) is 4.52. The monoisotopic (exact) mass is 286 g/mol. The lowest BCUT2D eigenvalue weighted by atomic mass is 9.81. The van der Waals surface area contributed by atoms with Crippen molar-refractivity contribution in [3.8, 4) is 0 Å². The molecule has 0 fully saturated rings. The summed E-state index contributed by atoms with van der Waals surface area (Å²) in [6.07, 6.45) is 3.37. The van der Waals surface area contributed by atoms with E-state index in [1.165, 1.54) is 5.70 Å². The van der Waals surface area contributed by atoms with Crippen LogP contribution in [0.4, 0.5) is 0 Å². The van der Waals surface area contributed by atoms with E-state index in [9.17, 15) is 5.11 Å². The van der Waals surface area contributed by atoms with E-state index in [-0.39, 0.29) is 12.0 Å². The van der Waals surface area contributed by atoms with Gasteiger partial charge >= 0.3 is 0 Å². The van der Waals surface area contributed by atoms with Crippen LogP contribution in [0.15, 0.2) is 30.3 Å². The van der Waals surface area contributed by atoms with Gasteiger partial charge in [-0.05, 0) is 24.5 Å². The second kappa shape index (κ2) is 6.02. The number of para-hydroxylation sites is 2. The molecule has 3 heteroatoms. The van der Waals surface area contributed by atoms with Crippen LogP contribution < -0.4 is 0 Å². The fourth-order valence-corrected chi connectivity index (χ4v) is 2.93. The number of imidazole rings is 1. The summed E-state index contributed by atoms with van der Waals surface area (Å²) < 4.78 is 2.14. The molecule has 3 nitrogen and oxygen atoms in total. The third kappa shape index (κ3) is 2.51. The first kappa shape index (κ1) is 15.8. The molecule has 21 heavy (non-hydrogen) atoms. The number of hydrogen-bond acceptors (Lipinski definition) is 2. The van der Waals surface area contributed by atoms with Gasteiger partial charge in [-0.15, -0.1) is 0 Å². The van der Waals surface area contributed by atoms with Gasteiger partial charge in [0.25, 0.3) is 0 Å². The minimum Gasteiger partial charge on any atom is -0.388 e. The molecule has 0 spiro atoms. The van der Waals surface area contributed by atoms with Gasteiger partial charge in [-0.2, -0.15) is 0 Å². The molecule has 1 heterocycles. The van der Waals surface area contributed by atoms with Crippen LogP contribution in [0.2, 0.25) is 0 Å². The van der Waals surface area contributed by atoms with E-state index in [1.54, 1.807) is 0 Å². The van der Waals surface area contributed by atoms with Gasteiger partial charge in [0.05, 0.1) is 11.0 Å². The van der Waals surface area contributed by atoms with Crippen LogP contribution in [0.25, 0.3) is 16.7 Å². The van der Waals surface area contributed by atoms with E-state index in [2.05, 4.69) is 42.5 Å². The number of aliphatic hydroxyl groups excluding tert-OH is 1. The summed E-state index contributed by atoms with van der Waals surface area (Å²) in [6.45, 7) is 10.8. The molecule has 1 atom stereocenters. The molecule has 0 radical (unpaired) electrons.